The minimum Gasteiger partial charge on any atom is -0.478 e. The van der Waals surface area contributed by atoms with E-state index in [1.54, 1.807) is 12.1 Å². The van der Waals surface area contributed by atoms with Gasteiger partial charge in [0.05, 0.1) is 6.61 Å². The molecule has 1 aliphatic carbocycles. The van der Waals surface area contributed by atoms with E-state index in [0.717, 1.165) is 30.6 Å². The van der Waals surface area contributed by atoms with Crippen molar-refractivity contribution in [3.05, 3.63) is 41.2 Å². The van der Waals surface area contributed by atoms with E-state index in [1.165, 1.54) is 25.0 Å². The highest BCUT2D eigenvalue weighted by Gasteiger charge is 2.20. The van der Waals surface area contributed by atoms with Crippen molar-refractivity contribution in [3.63, 3.8) is 0 Å². The molecule has 0 spiro atoms. The maximum absolute atomic E-state index is 13.4. The lowest BCUT2D eigenvalue weighted by Crippen LogP contribution is -1.97. The third-order valence-electron chi connectivity index (χ3n) is 3.10. The first kappa shape index (κ1) is 13.7. The van der Waals surface area contributed by atoms with E-state index in [1.807, 2.05) is 0 Å². The standard InChI is InChI=1S/C15H17FO3/c16-14-5-3-12(9-13(14)4-6-15(17)18)10-19-8-7-11-1-2-11/h3-6,9,11H,1-2,7-8,10H2,(H,17,18)/b6-4+. The molecule has 1 aromatic rings. The Bertz CT molecular complexity index is 478. The van der Waals surface area contributed by atoms with Crippen LogP contribution in [-0.4, -0.2) is 17.7 Å². The van der Waals surface area contributed by atoms with Gasteiger partial charge in [-0.15, -0.1) is 0 Å². The van der Waals surface area contributed by atoms with Gasteiger partial charge < -0.3 is 9.84 Å². The van der Waals surface area contributed by atoms with Crippen molar-refractivity contribution in [1.82, 2.24) is 0 Å². The molecular weight excluding hydrogens is 247 g/mol. The smallest absolute Gasteiger partial charge is 0.328 e. The normalized spacial score (nSPS) is 15.0. The Hall–Kier alpha value is -1.68. The molecule has 1 N–H and O–H groups in total. The molecule has 1 aliphatic rings. The van der Waals surface area contributed by atoms with Gasteiger partial charge in [0, 0.05) is 18.2 Å². The quantitative estimate of drug-likeness (QED) is 0.607. The molecule has 1 saturated carbocycles. The average molecular weight is 264 g/mol. The molecule has 19 heavy (non-hydrogen) atoms. The Morgan fingerprint density at radius 2 is 2.26 bits per heavy atom. The zero-order chi connectivity index (χ0) is 13.7. The maximum atomic E-state index is 13.4. The van der Waals surface area contributed by atoms with E-state index in [0.29, 0.717) is 6.61 Å². The summed E-state index contributed by atoms with van der Waals surface area (Å²) in [6, 6.07) is 4.61. The number of aliphatic carboxylic acids is 1. The van der Waals surface area contributed by atoms with Gasteiger partial charge in [0.1, 0.15) is 5.82 Å². The van der Waals surface area contributed by atoms with Gasteiger partial charge >= 0.3 is 5.97 Å². The molecule has 0 unspecified atom stereocenters. The van der Waals surface area contributed by atoms with Gasteiger partial charge in [0.15, 0.2) is 0 Å². The monoisotopic (exact) mass is 264 g/mol. The van der Waals surface area contributed by atoms with Crippen LogP contribution in [0.4, 0.5) is 4.39 Å². The Labute approximate surface area is 111 Å². The zero-order valence-corrected chi connectivity index (χ0v) is 10.6. The number of carbonyl (C=O) groups is 1. The molecule has 0 atom stereocenters. The summed E-state index contributed by atoms with van der Waals surface area (Å²) in [5, 5.41) is 8.53. The summed E-state index contributed by atoms with van der Waals surface area (Å²) >= 11 is 0. The van der Waals surface area contributed by atoms with Crippen LogP contribution >= 0.6 is 0 Å². The molecule has 0 aromatic heterocycles. The number of benzene rings is 1. The van der Waals surface area contributed by atoms with Crippen LogP contribution in [0.5, 0.6) is 0 Å². The summed E-state index contributed by atoms with van der Waals surface area (Å²) in [4.78, 5) is 10.4. The second kappa shape index (κ2) is 6.48. The molecule has 0 heterocycles. The molecule has 0 radical (unpaired) electrons. The van der Waals surface area contributed by atoms with Crippen LogP contribution in [0.3, 0.4) is 0 Å². The lowest BCUT2D eigenvalue weighted by atomic mass is 10.1. The van der Waals surface area contributed by atoms with Crippen LogP contribution in [0.15, 0.2) is 24.3 Å². The number of hydrogen-bond donors (Lipinski definition) is 1. The molecule has 1 aromatic carbocycles. The number of hydrogen-bond acceptors (Lipinski definition) is 2. The van der Waals surface area contributed by atoms with Gasteiger partial charge in [-0.05, 0) is 36.1 Å². The SMILES string of the molecule is O=C(O)/C=C/c1cc(COCCC2CC2)ccc1F. The Balaban J connectivity index is 1.88. The van der Waals surface area contributed by atoms with E-state index in [-0.39, 0.29) is 5.56 Å². The summed E-state index contributed by atoms with van der Waals surface area (Å²) in [5.41, 5.74) is 1.12. The Morgan fingerprint density at radius 1 is 1.47 bits per heavy atom. The topological polar surface area (TPSA) is 46.5 Å². The first-order chi connectivity index (χ1) is 9.15. The first-order valence-electron chi connectivity index (χ1n) is 6.42. The van der Waals surface area contributed by atoms with Crippen molar-refractivity contribution in [1.29, 1.82) is 0 Å². The lowest BCUT2D eigenvalue weighted by molar-refractivity contribution is -0.131. The van der Waals surface area contributed by atoms with E-state index in [9.17, 15) is 9.18 Å². The van der Waals surface area contributed by atoms with Crippen molar-refractivity contribution < 1.29 is 19.0 Å². The van der Waals surface area contributed by atoms with Gasteiger partial charge in [-0.3, -0.25) is 0 Å². The van der Waals surface area contributed by atoms with Crippen LogP contribution in [0.25, 0.3) is 6.08 Å². The largest absolute Gasteiger partial charge is 0.478 e. The number of halogens is 1. The second-order valence-electron chi connectivity index (χ2n) is 4.81. The van der Waals surface area contributed by atoms with Crippen LogP contribution in [0.2, 0.25) is 0 Å². The third-order valence-corrected chi connectivity index (χ3v) is 3.10. The summed E-state index contributed by atoms with van der Waals surface area (Å²) in [6.07, 6.45) is 5.89. The number of rotatable bonds is 7. The second-order valence-corrected chi connectivity index (χ2v) is 4.81. The molecule has 3 nitrogen and oxygen atoms in total. The fourth-order valence-corrected chi connectivity index (χ4v) is 1.82. The van der Waals surface area contributed by atoms with Gasteiger partial charge in [0.2, 0.25) is 0 Å². The van der Waals surface area contributed by atoms with E-state index >= 15 is 0 Å². The molecule has 0 amide bonds. The van der Waals surface area contributed by atoms with Gasteiger partial charge in [0.25, 0.3) is 0 Å². The number of carboxylic acids is 1. The van der Waals surface area contributed by atoms with Crippen LogP contribution in [-0.2, 0) is 16.1 Å². The van der Waals surface area contributed by atoms with Crippen molar-refractivity contribution in [2.45, 2.75) is 25.9 Å². The molecule has 0 aliphatic heterocycles. The van der Waals surface area contributed by atoms with Crippen molar-refractivity contribution in [3.8, 4) is 0 Å². The molecule has 0 bridgehead atoms. The summed E-state index contributed by atoms with van der Waals surface area (Å²) in [5.74, 6) is -0.688. The third kappa shape index (κ3) is 4.83. The van der Waals surface area contributed by atoms with Gasteiger partial charge in [-0.1, -0.05) is 18.9 Å². The molecule has 1 fully saturated rings. The van der Waals surface area contributed by atoms with E-state index < -0.39 is 11.8 Å². The molecule has 4 heteroatoms. The molecule has 0 saturated heterocycles. The summed E-state index contributed by atoms with van der Waals surface area (Å²) < 4.78 is 19.0. The van der Waals surface area contributed by atoms with Crippen molar-refractivity contribution in [2.24, 2.45) is 5.92 Å². The highest BCUT2D eigenvalue weighted by molar-refractivity contribution is 5.85. The Kier molecular flexibility index (Phi) is 4.68. The van der Waals surface area contributed by atoms with Gasteiger partial charge in [-0.25, -0.2) is 9.18 Å². The predicted octanol–water partition coefficient (Wildman–Crippen LogP) is 3.24. The molecular formula is C15H17FO3. The lowest BCUT2D eigenvalue weighted by Gasteiger charge is -2.05. The van der Waals surface area contributed by atoms with Crippen LogP contribution < -0.4 is 0 Å². The Morgan fingerprint density at radius 3 is 2.95 bits per heavy atom. The number of ether oxygens (including phenoxy) is 1. The summed E-state index contributed by atoms with van der Waals surface area (Å²) in [7, 11) is 0. The van der Waals surface area contributed by atoms with Crippen molar-refractivity contribution >= 4 is 12.0 Å². The highest BCUT2D eigenvalue weighted by atomic mass is 19.1. The van der Waals surface area contributed by atoms with Crippen LogP contribution in [0.1, 0.15) is 30.4 Å². The fraction of sp³-hybridized carbons (Fsp3) is 0.400. The van der Waals surface area contributed by atoms with Crippen molar-refractivity contribution in [2.75, 3.05) is 6.61 Å². The highest BCUT2D eigenvalue weighted by Crippen LogP contribution is 2.32. The summed E-state index contributed by atoms with van der Waals surface area (Å²) in [6.45, 7) is 1.16. The minimum absolute atomic E-state index is 0.269. The zero-order valence-electron chi connectivity index (χ0n) is 10.6. The minimum atomic E-state index is -1.09. The fourth-order valence-electron chi connectivity index (χ4n) is 1.82. The first-order valence-corrected chi connectivity index (χ1v) is 6.42. The van der Waals surface area contributed by atoms with Crippen LogP contribution in [0, 0.1) is 11.7 Å². The van der Waals surface area contributed by atoms with E-state index in [4.69, 9.17) is 9.84 Å². The average Bonchev–Trinajstić information content (AvgIpc) is 3.18. The number of carboxylic acid groups (broad SMARTS) is 1. The van der Waals surface area contributed by atoms with Gasteiger partial charge in [-0.2, -0.15) is 0 Å². The van der Waals surface area contributed by atoms with E-state index in [2.05, 4.69) is 0 Å². The predicted molar refractivity (Wildman–Crippen MR) is 70.1 cm³/mol. The molecule has 2 rings (SSSR count). The maximum Gasteiger partial charge on any atom is 0.328 e. The molecule has 102 valence electrons.